The van der Waals surface area contributed by atoms with Crippen LogP contribution in [0.3, 0.4) is 0 Å². The molecule has 1 heterocycles. The average molecular weight is 78.9 g/mol. The molecule has 0 amide bonds. The normalized spacial score (nSPS) is 8.67. The van der Waals surface area contributed by atoms with Crippen molar-refractivity contribution in [2.24, 2.45) is 0 Å². The highest BCUT2D eigenvalue weighted by Gasteiger charge is 1.71. The van der Waals surface area contributed by atoms with Gasteiger partial charge >= 0.3 is 0 Å². The molecule has 0 spiro atoms. The number of rotatable bonds is 0. The van der Waals surface area contributed by atoms with Gasteiger partial charge in [-0.25, -0.2) is 4.98 Å². The van der Waals surface area contributed by atoms with Crippen LogP contribution in [-0.4, -0.2) is 22.7 Å². The second kappa shape index (κ2) is 1.12. The monoisotopic (exact) mass is 79.0 g/mol. The quantitative estimate of drug-likeness (QED) is 0.381. The highest BCUT2D eigenvalue weighted by molar-refractivity contribution is 6.05. The summed E-state index contributed by atoms with van der Waals surface area (Å²) in [6.07, 6.45) is 2.79. The van der Waals surface area contributed by atoms with Gasteiger partial charge in [-0.1, -0.05) is 0 Å². The van der Waals surface area contributed by atoms with Gasteiger partial charge < -0.3 is 4.59 Å². The molecule has 0 aliphatic heterocycles. The van der Waals surface area contributed by atoms with Crippen molar-refractivity contribution < 1.29 is 0 Å². The lowest BCUT2D eigenvalue weighted by Gasteiger charge is -1.74. The molecule has 0 saturated carbocycles. The van der Waals surface area contributed by atoms with E-state index in [9.17, 15) is 0 Å². The van der Waals surface area contributed by atoms with Gasteiger partial charge in [0.2, 0.25) is 0 Å². The molecule has 0 unspecified atom stereocenters. The first-order valence-electron chi connectivity index (χ1n) is 1.49. The number of hydrogen-bond donors (Lipinski definition) is 0. The lowest BCUT2D eigenvalue weighted by Crippen LogP contribution is -1.88. The molecular formula is C2H2BN3. The molecule has 6 heavy (non-hydrogen) atoms. The summed E-state index contributed by atoms with van der Waals surface area (Å²) in [7, 11) is 5.02. The maximum atomic E-state index is 5.02. The molecule has 0 aliphatic rings. The lowest BCUT2D eigenvalue weighted by atomic mass is 10.5. The molecule has 0 N–H and O–H groups in total. The van der Waals surface area contributed by atoms with Crippen LogP contribution in [0.5, 0.6) is 0 Å². The lowest BCUT2D eigenvalue weighted by molar-refractivity contribution is 0.991. The molecule has 0 saturated heterocycles. The van der Waals surface area contributed by atoms with Gasteiger partial charge in [0.1, 0.15) is 6.33 Å². The average Bonchev–Trinajstić information content (AvgIpc) is 1.86. The minimum atomic E-state index is 1.14. The van der Waals surface area contributed by atoms with Gasteiger partial charge in [0.05, 0.1) is 6.33 Å². The van der Waals surface area contributed by atoms with E-state index in [0.717, 1.165) is 4.59 Å². The summed E-state index contributed by atoms with van der Waals surface area (Å²) in [5, 5.41) is 3.50. The Morgan fingerprint density at radius 1 is 1.67 bits per heavy atom. The minimum Gasteiger partial charge on any atom is -0.314 e. The zero-order valence-electron chi connectivity index (χ0n) is 3.07. The summed E-state index contributed by atoms with van der Waals surface area (Å²) in [6.45, 7) is 0. The Labute approximate surface area is 36.4 Å². The van der Waals surface area contributed by atoms with Crippen LogP contribution >= 0.6 is 0 Å². The Morgan fingerprint density at radius 2 is 2.50 bits per heavy atom. The largest absolute Gasteiger partial charge is 0.314 e. The van der Waals surface area contributed by atoms with Crippen molar-refractivity contribution in [1.29, 1.82) is 0 Å². The molecule has 1 aromatic heterocycles. The second-order valence-electron chi connectivity index (χ2n) is 0.875. The molecular weight excluding hydrogens is 76.9 g/mol. The van der Waals surface area contributed by atoms with Crippen molar-refractivity contribution in [2.75, 3.05) is 0 Å². The van der Waals surface area contributed by atoms with Crippen molar-refractivity contribution >= 4 is 7.98 Å². The van der Waals surface area contributed by atoms with Gasteiger partial charge in [0, 0.05) is 0 Å². The van der Waals surface area contributed by atoms with Crippen LogP contribution in [0.4, 0.5) is 0 Å². The van der Waals surface area contributed by atoms with Crippen LogP contribution in [0.15, 0.2) is 12.7 Å². The standard InChI is InChI=1S/C2H2BN3/c3-6-2-4-1-5-6/h1-2H. The van der Waals surface area contributed by atoms with Crippen molar-refractivity contribution in [1.82, 2.24) is 14.7 Å². The van der Waals surface area contributed by atoms with Gasteiger partial charge in [-0.2, -0.15) is 5.10 Å². The summed E-state index contributed by atoms with van der Waals surface area (Å²) in [5.41, 5.74) is 0. The molecule has 2 radical (unpaired) electrons. The maximum absolute atomic E-state index is 5.02. The first-order chi connectivity index (χ1) is 2.89. The van der Waals surface area contributed by atoms with E-state index in [1.54, 1.807) is 0 Å². The van der Waals surface area contributed by atoms with Crippen LogP contribution < -0.4 is 0 Å². The van der Waals surface area contributed by atoms with Crippen LogP contribution in [0.25, 0.3) is 0 Å². The van der Waals surface area contributed by atoms with Gasteiger partial charge in [0.15, 0.2) is 0 Å². The van der Waals surface area contributed by atoms with Crippen LogP contribution in [0.1, 0.15) is 0 Å². The topological polar surface area (TPSA) is 30.7 Å². The number of aromatic nitrogens is 3. The third-order valence-corrected chi connectivity index (χ3v) is 0.437. The minimum absolute atomic E-state index is 1.14. The Bertz CT molecular complexity index is 112. The third-order valence-electron chi connectivity index (χ3n) is 0.437. The molecule has 0 bridgehead atoms. The van der Waals surface area contributed by atoms with Crippen LogP contribution in [0, 0.1) is 0 Å². The number of nitrogens with zero attached hydrogens (tertiary/aromatic N) is 3. The highest BCUT2D eigenvalue weighted by Crippen LogP contribution is 1.63. The van der Waals surface area contributed by atoms with Gasteiger partial charge in [-0.05, 0) is 0 Å². The predicted molar refractivity (Wildman–Crippen MR) is 21.2 cm³/mol. The maximum Gasteiger partial charge on any atom is 0.266 e. The summed E-state index contributed by atoms with van der Waals surface area (Å²) in [5.74, 6) is 0. The summed E-state index contributed by atoms with van der Waals surface area (Å²) in [4.78, 5) is 3.55. The van der Waals surface area contributed by atoms with E-state index >= 15 is 0 Å². The van der Waals surface area contributed by atoms with Crippen LogP contribution in [0.2, 0.25) is 0 Å². The second-order valence-corrected chi connectivity index (χ2v) is 0.875. The van der Waals surface area contributed by atoms with E-state index in [1.807, 2.05) is 0 Å². The van der Waals surface area contributed by atoms with E-state index in [4.69, 9.17) is 7.98 Å². The van der Waals surface area contributed by atoms with Gasteiger partial charge in [-0.3, -0.25) is 0 Å². The fraction of sp³-hybridized carbons (Fsp3) is 0. The molecule has 3 nitrogen and oxygen atoms in total. The smallest absolute Gasteiger partial charge is 0.266 e. The Kier molecular flexibility index (Phi) is 0.635. The molecule has 0 fully saturated rings. The highest BCUT2D eigenvalue weighted by atomic mass is 15.3. The first kappa shape index (κ1) is 3.40. The predicted octanol–water partition coefficient (Wildman–Crippen LogP) is -0.790. The van der Waals surface area contributed by atoms with E-state index in [2.05, 4.69) is 10.1 Å². The molecule has 4 heteroatoms. The van der Waals surface area contributed by atoms with Crippen molar-refractivity contribution in [3.63, 3.8) is 0 Å². The zero-order chi connectivity index (χ0) is 4.41. The third kappa shape index (κ3) is 0.405. The van der Waals surface area contributed by atoms with E-state index in [-0.39, 0.29) is 0 Å². The van der Waals surface area contributed by atoms with Crippen LogP contribution in [-0.2, 0) is 0 Å². The molecule has 0 atom stereocenters. The molecule has 28 valence electrons. The Morgan fingerprint density at radius 3 is 2.67 bits per heavy atom. The fourth-order valence-electron chi connectivity index (χ4n) is 0.217. The van der Waals surface area contributed by atoms with Gasteiger partial charge in [-0.15, -0.1) is 0 Å². The SMILES string of the molecule is [B]n1cncn1. The summed E-state index contributed by atoms with van der Waals surface area (Å²) < 4.78 is 1.14. The molecule has 0 aliphatic carbocycles. The van der Waals surface area contributed by atoms with E-state index in [0.29, 0.717) is 0 Å². The molecule has 0 aromatic carbocycles. The molecule has 1 aromatic rings. The number of hydrogen-bond acceptors (Lipinski definition) is 2. The molecule has 1 rings (SSSR count). The fourth-order valence-corrected chi connectivity index (χ4v) is 0.217. The summed E-state index contributed by atoms with van der Waals surface area (Å²) >= 11 is 0. The summed E-state index contributed by atoms with van der Waals surface area (Å²) in [6, 6.07) is 0. The van der Waals surface area contributed by atoms with E-state index < -0.39 is 0 Å². The van der Waals surface area contributed by atoms with Crippen molar-refractivity contribution in [2.45, 2.75) is 0 Å². The Balaban J connectivity index is 3.05. The van der Waals surface area contributed by atoms with E-state index in [1.165, 1.54) is 12.7 Å². The zero-order valence-corrected chi connectivity index (χ0v) is 3.07. The van der Waals surface area contributed by atoms with Crippen molar-refractivity contribution in [3.8, 4) is 0 Å². The van der Waals surface area contributed by atoms with Crippen molar-refractivity contribution in [3.05, 3.63) is 12.7 Å². The van der Waals surface area contributed by atoms with Gasteiger partial charge in [0.25, 0.3) is 7.98 Å². The first-order valence-corrected chi connectivity index (χ1v) is 1.49. The Hall–Kier alpha value is -0.795.